The Bertz CT molecular complexity index is 543. The van der Waals surface area contributed by atoms with Gasteiger partial charge in [-0.2, -0.15) is 0 Å². The zero-order chi connectivity index (χ0) is 13.7. The van der Waals surface area contributed by atoms with Gasteiger partial charge in [0.15, 0.2) is 0 Å². The van der Waals surface area contributed by atoms with Crippen molar-refractivity contribution < 1.29 is 9.47 Å². The van der Waals surface area contributed by atoms with Crippen LogP contribution in [0.4, 0.5) is 5.69 Å². The van der Waals surface area contributed by atoms with Crippen molar-refractivity contribution in [3.63, 3.8) is 0 Å². The molecule has 0 bridgehead atoms. The minimum atomic E-state index is 0.483. The molecule has 4 heteroatoms. The predicted molar refractivity (Wildman–Crippen MR) is 80.7 cm³/mol. The molecule has 0 fully saturated rings. The molecule has 0 amide bonds. The number of aryl methyl sites for hydroxylation is 1. The number of nitrogens with two attached hydrogens (primary N) is 1. The van der Waals surface area contributed by atoms with Crippen LogP contribution in [0.3, 0.4) is 0 Å². The molecule has 0 saturated heterocycles. The van der Waals surface area contributed by atoms with Gasteiger partial charge in [0.05, 0.1) is 4.47 Å². The van der Waals surface area contributed by atoms with Gasteiger partial charge in [-0.3, -0.25) is 0 Å². The Balaban J connectivity index is 1.85. The zero-order valence-electron chi connectivity index (χ0n) is 10.7. The average Bonchev–Trinajstić information content (AvgIpc) is 2.41. The number of halogens is 1. The fraction of sp³-hybridized carbons (Fsp3) is 0.200. The molecule has 2 N–H and O–H groups in total. The van der Waals surface area contributed by atoms with Crippen LogP contribution < -0.4 is 15.2 Å². The summed E-state index contributed by atoms with van der Waals surface area (Å²) in [7, 11) is 0. The van der Waals surface area contributed by atoms with E-state index < -0.39 is 0 Å². The molecule has 2 aromatic rings. The Hall–Kier alpha value is -1.68. The molecule has 0 atom stereocenters. The van der Waals surface area contributed by atoms with Crippen molar-refractivity contribution in [1.82, 2.24) is 0 Å². The standard InChI is InChI=1S/C15H16BrNO2/c1-11-9-15(13(16)10-14(11)17)19-8-7-18-12-5-3-2-4-6-12/h2-6,9-10H,7-8,17H2,1H3. The predicted octanol–water partition coefficient (Wildman–Crippen LogP) is 3.80. The van der Waals surface area contributed by atoms with Crippen LogP contribution in [0.5, 0.6) is 11.5 Å². The Kier molecular flexibility index (Phi) is 4.68. The van der Waals surface area contributed by atoms with Gasteiger partial charge in [-0.05, 0) is 52.7 Å². The van der Waals surface area contributed by atoms with Gasteiger partial charge in [-0.15, -0.1) is 0 Å². The van der Waals surface area contributed by atoms with Crippen molar-refractivity contribution in [3.05, 3.63) is 52.5 Å². The summed E-state index contributed by atoms with van der Waals surface area (Å²) in [6, 6.07) is 13.4. The molecular formula is C15H16BrNO2. The summed E-state index contributed by atoms with van der Waals surface area (Å²) in [6.45, 7) is 2.94. The third-order valence-electron chi connectivity index (χ3n) is 2.67. The third kappa shape index (κ3) is 3.89. The first-order chi connectivity index (χ1) is 9.16. The Morgan fingerprint density at radius 1 is 1.05 bits per heavy atom. The van der Waals surface area contributed by atoms with Crippen molar-refractivity contribution in [2.24, 2.45) is 0 Å². The number of hydrogen-bond acceptors (Lipinski definition) is 3. The van der Waals surface area contributed by atoms with Crippen LogP contribution in [0.2, 0.25) is 0 Å². The Morgan fingerprint density at radius 2 is 1.74 bits per heavy atom. The molecule has 0 spiro atoms. The number of para-hydroxylation sites is 1. The SMILES string of the molecule is Cc1cc(OCCOc2ccccc2)c(Br)cc1N. The molecule has 0 unspecified atom stereocenters. The summed E-state index contributed by atoms with van der Waals surface area (Å²) in [4.78, 5) is 0. The van der Waals surface area contributed by atoms with Crippen LogP contribution >= 0.6 is 15.9 Å². The van der Waals surface area contributed by atoms with E-state index in [1.807, 2.05) is 49.4 Å². The smallest absolute Gasteiger partial charge is 0.134 e. The fourth-order valence-corrected chi connectivity index (χ4v) is 2.08. The lowest BCUT2D eigenvalue weighted by molar-refractivity contribution is 0.216. The number of hydrogen-bond donors (Lipinski definition) is 1. The molecule has 2 aromatic carbocycles. The summed E-state index contributed by atoms with van der Waals surface area (Å²) in [5.41, 5.74) is 7.56. The van der Waals surface area contributed by atoms with E-state index in [9.17, 15) is 0 Å². The van der Waals surface area contributed by atoms with Crippen LogP contribution in [0.15, 0.2) is 46.9 Å². The zero-order valence-corrected chi connectivity index (χ0v) is 12.3. The van der Waals surface area contributed by atoms with Crippen LogP contribution in [0.25, 0.3) is 0 Å². The number of benzene rings is 2. The molecule has 0 aromatic heterocycles. The molecule has 0 saturated carbocycles. The molecule has 0 heterocycles. The van der Waals surface area contributed by atoms with E-state index in [4.69, 9.17) is 15.2 Å². The summed E-state index contributed by atoms with van der Waals surface area (Å²) in [5, 5.41) is 0. The molecule has 0 aliphatic heterocycles. The second-order valence-electron chi connectivity index (χ2n) is 4.15. The highest BCUT2D eigenvalue weighted by atomic mass is 79.9. The van der Waals surface area contributed by atoms with E-state index in [0.717, 1.165) is 27.2 Å². The summed E-state index contributed by atoms with van der Waals surface area (Å²) in [5.74, 6) is 1.63. The minimum Gasteiger partial charge on any atom is -0.490 e. The number of nitrogen functional groups attached to an aromatic ring is 1. The van der Waals surface area contributed by atoms with E-state index in [0.29, 0.717) is 13.2 Å². The fourth-order valence-electron chi connectivity index (χ4n) is 1.61. The van der Waals surface area contributed by atoms with Gasteiger partial charge >= 0.3 is 0 Å². The van der Waals surface area contributed by atoms with Gasteiger partial charge in [0, 0.05) is 5.69 Å². The molecule has 100 valence electrons. The van der Waals surface area contributed by atoms with Crippen molar-refractivity contribution in [3.8, 4) is 11.5 Å². The topological polar surface area (TPSA) is 44.5 Å². The van der Waals surface area contributed by atoms with E-state index in [1.54, 1.807) is 0 Å². The molecule has 3 nitrogen and oxygen atoms in total. The van der Waals surface area contributed by atoms with Gasteiger partial charge in [-0.1, -0.05) is 18.2 Å². The maximum atomic E-state index is 5.81. The highest BCUT2D eigenvalue weighted by molar-refractivity contribution is 9.10. The van der Waals surface area contributed by atoms with Gasteiger partial charge in [0.25, 0.3) is 0 Å². The lowest BCUT2D eigenvalue weighted by Gasteiger charge is -2.11. The maximum absolute atomic E-state index is 5.81. The summed E-state index contributed by atoms with van der Waals surface area (Å²) < 4.78 is 12.1. The van der Waals surface area contributed by atoms with Gasteiger partial charge in [0.1, 0.15) is 24.7 Å². The lowest BCUT2D eigenvalue weighted by Crippen LogP contribution is -2.09. The monoisotopic (exact) mass is 321 g/mol. The molecule has 19 heavy (non-hydrogen) atoms. The third-order valence-corrected chi connectivity index (χ3v) is 3.29. The molecule has 2 rings (SSSR count). The highest BCUT2D eigenvalue weighted by Gasteiger charge is 2.04. The first kappa shape index (κ1) is 13.7. The first-order valence-electron chi connectivity index (χ1n) is 6.03. The number of anilines is 1. The van der Waals surface area contributed by atoms with E-state index in [1.165, 1.54) is 0 Å². The van der Waals surface area contributed by atoms with E-state index >= 15 is 0 Å². The molecular weight excluding hydrogens is 306 g/mol. The van der Waals surface area contributed by atoms with Crippen molar-refractivity contribution >= 4 is 21.6 Å². The van der Waals surface area contributed by atoms with Gasteiger partial charge in [-0.25, -0.2) is 0 Å². The number of rotatable bonds is 5. The second kappa shape index (κ2) is 6.48. The molecule has 0 aliphatic rings. The Morgan fingerprint density at radius 3 is 2.47 bits per heavy atom. The largest absolute Gasteiger partial charge is 0.490 e. The average molecular weight is 322 g/mol. The van der Waals surface area contributed by atoms with Crippen LogP contribution in [-0.2, 0) is 0 Å². The van der Waals surface area contributed by atoms with E-state index in [-0.39, 0.29) is 0 Å². The first-order valence-corrected chi connectivity index (χ1v) is 6.82. The second-order valence-corrected chi connectivity index (χ2v) is 5.00. The van der Waals surface area contributed by atoms with Crippen molar-refractivity contribution in [2.45, 2.75) is 6.92 Å². The Labute approximate surface area is 121 Å². The van der Waals surface area contributed by atoms with Crippen molar-refractivity contribution in [2.75, 3.05) is 18.9 Å². The highest BCUT2D eigenvalue weighted by Crippen LogP contribution is 2.29. The quantitative estimate of drug-likeness (QED) is 0.673. The normalized spacial score (nSPS) is 10.2. The van der Waals surface area contributed by atoms with Crippen LogP contribution in [0.1, 0.15) is 5.56 Å². The molecule has 0 aliphatic carbocycles. The van der Waals surface area contributed by atoms with Crippen LogP contribution in [-0.4, -0.2) is 13.2 Å². The lowest BCUT2D eigenvalue weighted by atomic mass is 10.2. The van der Waals surface area contributed by atoms with Gasteiger partial charge in [0.2, 0.25) is 0 Å². The minimum absolute atomic E-state index is 0.483. The molecule has 0 radical (unpaired) electrons. The number of ether oxygens (including phenoxy) is 2. The van der Waals surface area contributed by atoms with Crippen molar-refractivity contribution in [1.29, 1.82) is 0 Å². The maximum Gasteiger partial charge on any atom is 0.134 e. The van der Waals surface area contributed by atoms with E-state index in [2.05, 4.69) is 15.9 Å². The summed E-state index contributed by atoms with van der Waals surface area (Å²) in [6.07, 6.45) is 0. The van der Waals surface area contributed by atoms with Gasteiger partial charge < -0.3 is 15.2 Å². The van der Waals surface area contributed by atoms with Crippen LogP contribution in [0, 0.1) is 6.92 Å². The summed E-state index contributed by atoms with van der Waals surface area (Å²) >= 11 is 3.43.